The van der Waals surface area contributed by atoms with Gasteiger partial charge < -0.3 is 9.84 Å². The standard InChI is InChI=1S/C12H17N3O3/c1-6(2)15-9(3-10(14-15)13-12(16)17)11-7-4-18-5-8(7)11/h3,6-8,11H,4-5H2,1-2H3,(H,13,14)(H,16,17)/t7-,8+,11?. The normalized spacial score (nSPS) is 29.4. The molecule has 0 bridgehead atoms. The number of carbonyl (C=O) groups is 1. The lowest BCUT2D eigenvalue weighted by atomic mass is 10.2. The van der Waals surface area contributed by atoms with Crippen LogP contribution in [0.1, 0.15) is 31.5 Å². The molecule has 1 aliphatic heterocycles. The Balaban J connectivity index is 1.87. The average molecular weight is 251 g/mol. The van der Waals surface area contributed by atoms with E-state index in [1.54, 1.807) is 0 Å². The molecule has 1 amide bonds. The average Bonchev–Trinajstić information content (AvgIpc) is 2.67. The van der Waals surface area contributed by atoms with Crippen LogP contribution < -0.4 is 5.32 Å². The predicted octanol–water partition coefficient (Wildman–Crippen LogP) is 1.91. The predicted molar refractivity (Wildman–Crippen MR) is 64.8 cm³/mol. The third kappa shape index (κ3) is 1.77. The molecule has 1 saturated heterocycles. The molecule has 3 atom stereocenters. The summed E-state index contributed by atoms with van der Waals surface area (Å²) in [6, 6.07) is 2.09. The van der Waals surface area contributed by atoms with Crippen LogP contribution in [0.3, 0.4) is 0 Å². The first kappa shape index (κ1) is 11.5. The van der Waals surface area contributed by atoms with Crippen molar-refractivity contribution in [1.82, 2.24) is 9.78 Å². The van der Waals surface area contributed by atoms with Crippen molar-refractivity contribution < 1.29 is 14.6 Å². The fourth-order valence-corrected chi connectivity index (χ4v) is 2.92. The molecule has 2 aliphatic rings. The zero-order chi connectivity index (χ0) is 12.9. The van der Waals surface area contributed by atoms with Crippen molar-refractivity contribution in [1.29, 1.82) is 0 Å². The Kier molecular flexibility index (Phi) is 2.55. The van der Waals surface area contributed by atoms with Gasteiger partial charge in [-0.1, -0.05) is 0 Å². The van der Waals surface area contributed by atoms with E-state index in [1.165, 1.54) is 0 Å². The summed E-state index contributed by atoms with van der Waals surface area (Å²) in [7, 11) is 0. The van der Waals surface area contributed by atoms with E-state index in [4.69, 9.17) is 9.84 Å². The number of amides is 1. The molecular weight excluding hydrogens is 234 g/mol. The number of ether oxygens (including phenoxy) is 1. The molecule has 2 N–H and O–H groups in total. The molecule has 1 aliphatic carbocycles. The monoisotopic (exact) mass is 251 g/mol. The van der Waals surface area contributed by atoms with Crippen molar-refractivity contribution in [2.45, 2.75) is 25.8 Å². The van der Waals surface area contributed by atoms with Crippen molar-refractivity contribution in [3.05, 3.63) is 11.8 Å². The molecule has 2 heterocycles. The van der Waals surface area contributed by atoms with E-state index in [2.05, 4.69) is 24.3 Å². The van der Waals surface area contributed by atoms with Crippen LogP contribution in [0.5, 0.6) is 0 Å². The molecule has 3 rings (SSSR count). The fourth-order valence-electron chi connectivity index (χ4n) is 2.92. The van der Waals surface area contributed by atoms with E-state index >= 15 is 0 Å². The molecule has 98 valence electrons. The minimum atomic E-state index is -1.07. The lowest BCUT2D eigenvalue weighted by Gasteiger charge is -2.11. The summed E-state index contributed by atoms with van der Waals surface area (Å²) in [5, 5.41) is 15.4. The van der Waals surface area contributed by atoms with Crippen molar-refractivity contribution >= 4 is 11.9 Å². The largest absolute Gasteiger partial charge is 0.465 e. The summed E-state index contributed by atoms with van der Waals surface area (Å²) >= 11 is 0. The summed E-state index contributed by atoms with van der Waals surface area (Å²) in [4.78, 5) is 10.7. The first-order valence-corrected chi connectivity index (χ1v) is 6.25. The molecule has 6 heteroatoms. The van der Waals surface area contributed by atoms with Crippen LogP contribution in [0.25, 0.3) is 0 Å². The molecule has 0 aromatic carbocycles. The molecule has 0 radical (unpaired) electrons. The number of hydrogen-bond acceptors (Lipinski definition) is 3. The van der Waals surface area contributed by atoms with Gasteiger partial charge in [0, 0.05) is 23.7 Å². The molecule has 0 spiro atoms. The first-order chi connectivity index (χ1) is 8.58. The van der Waals surface area contributed by atoms with Crippen molar-refractivity contribution in [3.63, 3.8) is 0 Å². The van der Waals surface area contributed by atoms with Crippen LogP contribution in [0.4, 0.5) is 10.6 Å². The van der Waals surface area contributed by atoms with Gasteiger partial charge in [-0.2, -0.15) is 5.10 Å². The minimum Gasteiger partial charge on any atom is -0.465 e. The Labute approximate surface area is 105 Å². The van der Waals surface area contributed by atoms with Crippen molar-refractivity contribution in [2.75, 3.05) is 18.5 Å². The molecule has 1 unspecified atom stereocenters. The molecule has 1 saturated carbocycles. The number of hydrogen-bond donors (Lipinski definition) is 2. The maximum absolute atomic E-state index is 10.7. The number of rotatable bonds is 3. The van der Waals surface area contributed by atoms with E-state index in [-0.39, 0.29) is 6.04 Å². The van der Waals surface area contributed by atoms with Crippen LogP contribution in [0, 0.1) is 11.8 Å². The molecule has 1 aromatic heterocycles. The number of nitrogens with zero attached hydrogens (tertiary/aromatic N) is 2. The van der Waals surface area contributed by atoms with Crippen LogP contribution in [0.2, 0.25) is 0 Å². The Morgan fingerprint density at radius 1 is 1.56 bits per heavy atom. The summed E-state index contributed by atoms with van der Waals surface area (Å²) in [5.41, 5.74) is 1.13. The summed E-state index contributed by atoms with van der Waals surface area (Å²) in [6.07, 6.45) is -1.07. The molecule has 18 heavy (non-hydrogen) atoms. The van der Waals surface area contributed by atoms with E-state index in [0.717, 1.165) is 18.9 Å². The Bertz CT molecular complexity index is 473. The van der Waals surface area contributed by atoms with Gasteiger partial charge in [-0.3, -0.25) is 10.00 Å². The van der Waals surface area contributed by atoms with E-state index in [0.29, 0.717) is 23.6 Å². The molecule has 6 nitrogen and oxygen atoms in total. The number of carboxylic acid groups (broad SMARTS) is 1. The highest BCUT2D eigenvalue weighted by Gasteiger charge is 2.56. The molecule has 2 fully saturated rings. The van der Waals surface area contributed by atoms with Gasteiger partial charge in [-0.15, -0.1) is 0 Å². The van der Waals surface area contributed by atoms with E-state index in [1.807, 2.05) is 10.7 Å². The maximum atomic E-state index is 10.7. The zero-order valence-corrected chi connectivity index (χ0v) is 10.5. The second-order valence-electron chi connectivity index (χ2n) is 5.31. The highest BCUT2D eigenvalue weighted by molar-refractivity contribution is 5.81. The van der Waals surface area contributed by atoms with Gasteiger partial charge in [0.2, 0.25) is 0 Å². The van der Waals surface area contributed by atoms with Crippen molar-refractivity contribution in [3.8, 4) is 0 Å². The number of aromatic nitrogens is 2. The van der Waals surface area contributed by atoms with Gasteiger partial charge in [0.1, 0.15) is 0 Å². The Morgan fingerprint density at radius 2 is 2.22 bits per heavy atom. The van der Waals surface area contributed by atoms with Gasteiger partial charge in [0.05, 0.1) is 13.2 Å². The summed E-state index contributed by atoms with van der Waals surface area (Å²) in [6.45, 7) is 5.74. The lowest BCUT2D eigenvalue weighted by Crippen LogP contribution is -2.11. The third-order valence-electron chi connectivity index (χ3n) is 3.78. The van der Waals surface area contributed by atoms with Gasteiger partial charge >= 0.3 is 6.09 Å². The SMILES string of the molecule is CC(C)n1nc(NC(=O)O)cc1C1[C@H]2COC[C@@H]12. The highest BCUT2D eigenvalue weighted by atomic mass is 16.5. The van der Waals surface area contributed by atoms with Gasteiger partial charge in [-0.05, 0) is 25.7 Å². The van der Waals surface area contributed by atoms with Crippen molar-refractivity contribution in [2.24, 2.45) is 11.8 Å². The summed E-state index contributed by atoms with van der Waals surface area (Å²) < 4.78 is 7.32. The maximum Gasteiger partial charge on any atom is 0.410 e. The molecular formula is C12H17N3O3. The Hall–Kier alpha value is -1.56. The zero-order valence-electron chi connectivity index (χ0n) is 10.5. The van der Waals surface area contributed by atoms with Gasteiger partial charge in [0.25, 0.3) is 0 Å². The molecule has 1 aromatic rings. The van der Waals surface area contributed by atoms with E-state index < -0.39 is 6.09 Å². The Morgan fingerprint density at radius 3 is 2.78 bits per heavy atom. The number of fused-ring (bicyclic) bond motifs is 1. The minimum absolute atomic E-state index is 0.228. The van der Waals surface area contributed by atoms with Gasteiger partial charge in [-0.25, -0.2) is 4.79 Å². The van der Waals surface area contributed by atoms with E-state index in [9.17, 15) is 4.79 Å². The number of nitrogens with one attached hydrogen (secondary N) is 1. The third-order valence-corrected chi connectivity index (χ3v) is 3.78. The number of anilines is 1. The lowest BCUT2D eigenvalue weighted by molar-refractivity contribution is 0.159. The van der Waals surface area contributed by atoms with Crippen LogP contribution >= 0.6 is 0 Å². The fraction of sp³-hybridized carbons (Fsp3) is 0.667. The van der Waals surface area contributed by atoms with Crippen LogP contribution in [-0.2, 0) is 4.74 Å². The second kappa shape index (κ2) is 3.98. The summed E-state index contributed by atoms with van der Waals surface area (Å²) in [5.74, 6) is 2.09. The van der Waals surface area contributed by atoms with Gasteiger partial charge in [0.15, 0.2) is 5.82 Å². The first-order valence-electron chi connectivity index (χ1n) is 6.25. The van der Waals surface area contributed by atoms with Crippen LogP contribution in [-0.4, -0.2) is 34.2 Å². The topological polar surface area (TPSA) is 76.4 Å². The second-order valence-corrected chi connectivity index (χ2v) is 5.31. The highest BCUT2D eigenvalue weighted by Crippen LogP contribution is 2.57. The quantitative estimate of drug-likeness (QED) is 0.860. The smallest absolute Gasteiger partial charge is 0.410 e. The van der Waals surface area contributed by atoms with Crippen LogP contribution in [0.15, 0.2) is 6.07 Å².